The van der Waals surface area contributed by atoms with Gasteiger partial charge in [-0.2, -0.15) is 0 Å². The maximum Gasteiger partial charge on any atom is 0.138 e. The van der Waals surface area contributed by atoms with Crippen molar-refractivity contribution in [3.05, 3.63) is 48.0 Å². The number of aryl methyl sites for hydroxylation is 1. The van der Waals surface area contributed by atoms with Gasteiger partial charge in [0.1, 0.15) is 17.2 Å². The normalized spacial score (nSPS) is 10.3. The van der Waals surface area contributed by atoms with Crippen LogP contribution in [-0.2, 0) is 6.42 Å². The zero-order valence-corrected chi connectivity index (χ0v) is 10.4. The van der Waals surface area contributed by atoms with Crippen LogP contribution >= 0.6 is 0 Å². The third-order valence-corrected chi connectivity index (χ3v) is 2.72. The van der Waals surface area contributed by atoms with E-state index in [9.17, 15) is 5.11 Å². The van der Waals surface area contributed by atoms with Gasteiger partial charge >= 0.3 is 0 Å². The predicted octanol–water partition coefficient (Wildman–Crippen LogP) is 3.72. The van der Waals surface area contributed by atoms with E-state index in [1.165, 1.54) is 11.6 Å². The molecule has 0 fully saturated rings. The van der Waals surface area contributed by atoms with Gasteiger partial charge in [0.2, 0.25) is 0 Å². The molecule has 0 aliphatic rings. The average molecular weight is 243 g/mol. The Labute approximate surface area is 107 Å². The number of anilines is 1. The Balaban J connectivity index is 2.25. The van der Waals surface area contributed by atoms with Crippen LogP contribution < -0.4 is 10.5 Å². The Morgan fingerprint density at radius 2 is 1.94 bits per heavy atom. The van der Waals surface area contributed by atoms with E-state index >= 15 is 0 Å². The molecule has 3 N–H and O–H groups in total. The molecule has 0 aromatic heterocycles. The summed E-state index contributed by atoms with van der Waals surface area (Å²) in [5.74, 6) is 1.54. The molecule has 0 aliphatic carbocycles. The minimum atomic E-state index is 0.0733. The molecular formula is C15H17NO2. The van der Waals surface area contributed by atoms with Crippen molar-refractivity contribution in [3.8, 4) is 17.2 Å². The molecule has 2 aromatic rings. The number of nitrogen functional groups attached to an aromatic ring is 1. The van der Waals surface area contributed by atoms with Crippen LogP contribution in [0.3, 0.4) is 0 Å². The van der Waals surface area contributed by atoms with E-state index in [-0.39, 0.29) is 5.75 Å². The molecule has 3 heteroatoms. The highest BCUT2D eigenvalue weighted by atomic mass is 16.5. The van der Waals surface area contributed by atoms with Crippen molar-refractivity contribution >= 4 is 5.69 Å². The standard InChI is InChI=1S/C15H17NO2/c1-2-5-11-6-3-4-7-15(11)18-12-8-9-14(17)13(16)10-12/h3-4,6-10,17H,2,5,16H2,1H3. The van der Waals surface area contributed by atoms with Crippen LogP contribution in [0.1, 0.15) is 18.9 Å². The zero-order chi connectivity index (χ0) is 13.0. The lowest BCUT2D eigenvalue weighted by atomic mass is 10.1. The minimum absolute atomic E-state index is 0.0733. The quantitative estimate of drug-likeness (QED) is 0.635. The largest absolute Gasteiger partial charge is 0.506 e. The summed E-state index contributed by atoms with van der Waals surface area (Å²) in [5, 5.41) is 9.37. The van der Waals surface area contributed by atoms with Crippen molar-refractivity contribution in [1.82, 2.24) is 0 Å². The van der Waals surface area contributed by atoms with E-state index in [1.54, 1.807) is 12.1 Å². The number of benzene rings is 2. The highest BCUT2D eigenvalue weighted by Crippen LogP contribution is 2.30. The van der Waals surface area contributed by atoms with Crippen LogP contribution in [0, 0.1) is 0 Å². The third kappa shape index (κ3) is 2.74. The van der Waals surface area contributed by atoms with Gasteiger partial charge in [0.25, 0.3) is 0 Å². The molecule has 2 rings (SSSR count). The number of hydrogen-bond donors (Lipinski definition) is 2. The van der Waals surface area contributed by atoms with Crippen LogP contribution in [0.15, 0.2) is 42.5 Å². The van der Waals surface area contributed by atoms with E-state index in [4.69, 9.17) is 10.5 Å². The number of rotatable bonds is 4. The number of nitrogens with two attached hydrogens (primary N) is 1. The van der Waals surface area contributed by atoms with Gasteiger partial charge in [-0.15, -0.1) is 0 Å². The van der Waals surface area contributed by atoms with E-state index in [0.717, 1.165) is 18.6 Å². The monoisotopic (exact) mass is 243 g/mol. The van der Waals surface area contributed by atoms with Crippen LogP contribution in [0.5, 0.6) is 17.2 Å². The van der Waals surface area contributed by atoms with Crippen molar-refractivity contribution in [2.45, 2.75) is 19.8 Å². The zero-order valence-electron chi connectivity index (χ0n) is 10.4. The number of ether oxygens (including phenoxy) is 1. The highest BCUT2D eigenvalue weighted by molar-refractivity contribution is 5.56. The third-order valence-electron chi connectivity index (χ3n) is 2.72. The van der Waals surface area contributed by atoms with Crippen molar-refractivity contribution in [2.24, 2.45) is 0 Å². The summed E-state index contributed by atoms with van der Waals surface area (Å²) in [6.45, 7) is 2.13. The molecule has 0 radical (unpaired) electrons. The first kappa shape index (κ1) is 12.3. The molecule has 0 amide bonds. The van der Waals surface area contributed by atoms with Gasteiger partial charge in [0.15, 0.2) is 0 Å². The number of phenolic OH excluding ortho intramolecular Hbond substituents is 1. The molecule has 94 valence electrons. The van der Waals surface area contributed by atoms with Crippen molar-refractivity contribution in [3.63, 3.8) is 0 Å². The lowest BCUT2D eigenvalue weighted by molar-refractivity contribution is 0.464. The summed E-state index contributed by atoms with van der Waals surface area (Å²) in [5.41, 5.74) is 7.13. The summed E-state index contributed by atoms with van der Waals surface area (Å²) in [6, 6.07) is 12.8. The fraction of sp³-hybridized carbons (Fsp3) is 0.200. The molecule has 0 saturated heterocycles. The Bertz CT molecular complexity index is 538. The highest BCUT2D eigenvalue weighted by Gasteiger charge is 2.05. The molecule has 18 heavy (non-hydrogen) atoms. The second-order valence-electron chi connectivity index (χ2n) is 4.18. The van der Waals surface area contributed by atoms with Crippen LogP contribution in [0.25, 0.3) is 0 Å². The first-order valence-corrected chi connectivity index (χ1v) is 6.05. The van der Waals surface area contributed by atoms with Crippen LogP contribution in [0.2, 0.25) is 0 Å². The Morgan fingerprint density at radius 1 is 1.17 bits per heavy atom. The molecule has 0 unspecified atom stereocenters. The van der Waals surface area contributed by atoms with E-state index in [1.807, 2.05) is 18.2 Å². The van der Waals surface area contributed by atoms with Crippen molar-refractivity contribution in [2.75, 3.05) is 5.73 Å². The Morgan fingerprint density at radius 3 is 2.67 bits per heavy atom. The fourth-order valence-corrected chi connectivity index (χ4v) is 1.80. The number of phenols is 1. The van der Waals surface area contributed by atoms with Gasteiger partial charge in [-0.25, -0.2) is 0 Å². The minimum Gasteiger partial charge on any atom is -0.506 e. The van der Waals surface area contributed by atoms with Crippen molar-refractivity contribution < 1.29 is 9.84 Å². The topological polar surface area (TPSA) is 55.5 Å². The second kappa shape index (κ2) is 5.45. The molecule has 0 spiro atoms. The maximum atomic E-state index is 9.37. The predicted molar refractivity (Wildman–Crippen MR) is 73.0 cm³/mol. The molecular weight excluding hydrogens is 226 g/mol. The lowest BCUT2D eigenvalue weighted by Gasteiger charge is -2.11. The van der Waals surface area contributed by atoms with Gasteiger partial charge in [-0.1, -0.05) is 31.5 Å². The maximum absolute atomic E-state index is 9.37. The number of hydrogen-bond acceptors (Lipinski definition) is 3. The van der Waals surface area contributed by atoms with E-state index in [0.29, 0.717) is 11.4 Å². The first-order chi connectivity index (χ1) is 8.70. The molecule has 3 nitrogen and oxygen atoms in total. The van der Waals surface area contributed by atoms with Gasteiger partial charge in [0, 0.05) is 6.07 Å². The average Bonchev–Trinajstić information content (AvgIpc) is 2.37. The van der Waals surface area contributed by atoms with Crippen LogP contribution in [-0.4, -0.2) is 5.11 Å². The lowest BCUT2D eigenvalue weighted by Crippen LogP contribution is -1.92. The molecule has 0 atom stereocenters. The summed E-state index contributed by atoms with van der Waals surface area (Å²) < 4.78 is 5.81. The molecule has 0 heterocycles. The summed E-state index contributed by atoms with van der Waals surface area (Å²) in [7, 11) is 0. The van der Waals surface area contributed by atoms with E-state index < -0.39 is 0 Å². The molecule has 0 bridgehead atoms. The smallest absolute Gasteiger partial charge is 0.138 e. The number of para-hydroxylation sites is 1. The SMILES string of the molecule is CCCc1ccccc1Oc1ccc(O)c(N)c1. The van der Waals surface area contributed by atoms with Gasteiger partial charge in [-0.3, -0.25) is 0 Å². The summed E-state index contributed by atoms with van der Waals surface area (Å²) in [6.07, 6.45) is 2.04. The van der Waals surface area contributed by atoms with Gasteiger partial charge < -0.3 is 15.6 Å². The second-order valence-corrected chi connectivity index (χ2v) is 4.18. The van der Waals surface area contributed by atoms with Gasteiger partial charge in [-0.05, 0) is 30.2 Å². The van der Waals surface area contributed by atoms with E-state index in [2.05, 4.69) is 13.0 Å². The van der Waals surface area contributed by atoms with Crippen LogP contribution in [0.4, 0.5) is 5.69 Å². The molecule has 0 saturated carbocycles. The van der Waals surface area contributed by atoms with Crippen molar-refractivity contribution in [1.29, 1.82) is 0 Å². The molecule has 0 aliphatic heterocycles. The van der Waals surface area contributed by atoms with Gasteiger partial charge in [0.05, 0.1) is 5.69 Å². The Hall–Kier alpha value is -2.16. The Kier molecular flexibility index (Phi) is 3.72. The number of aromatic hydroxyl groups is 1. The molecule has 2 aromatic carbocycles. The summed E-state index contributed by atoms with van der Waals surface area (Å²) in [4.78, 5) is 0. The fourth-order valence-electron chi connectivity index (χ4n) is 1.80. The summed E-state index contributed by atoms with van der Waals surface area (Å²) >= 11 is 0. The first-order valence-electron chi connectivity index (χ1n) is 6.05.